The van der Waals surface area contributed by atoms with E-state index < -0.39 is 0 Å². The van der Waals surface area contributed by atoms with Crippen LogP contribution in [0.15, 0.2) is 24.0 Å². The van der Waals surface area contributed by atoms with Gasteiger partial charge in [-0.15, -0.1) is 0 Å². The summed E-state index contributed by atoms with van der Waals surface area (Å²) in [4.78, 5) is 0. The Balaban J connectivity index is 2.43. The summed E-state index contributed by atoms with van der Waals surface area (Å²) < 4.78 is 0. The molecule has 0 spiro atoms. The first-order chi connectivity index (χ1) is 4.83. The molecule has 1 unspecified atom stereocenters. The van der Waals surface area contributed by atoms with E-state index in [4.69, 9.17) is 10.8 Å². The van der Waals surface area contributed by atoms with Gasteiger partial charge in [0.05, 0.1) is 0 Å². The van der Waals surface area contributed by atoms with E-state index in [2.05, 4.69) is 0 Å². The van der Waals surface area contributed by atoms with Crippen LogP contribution in [0.25, 0.3) is 0 Å². The normalized spacial score (nSPS) is 24.5. The summed E-state index contributed by atoms with van der Waals surface area (Å²) in [5.41, 5.74) is 5.37. The van der Waals surface area contributed by atoms with Crippen molar-refractivity contribution in [1.82, 2.24) is 0 Å². The zero-order valence-corrected chi connectivity index (χ0v) is 5.96. The zero-order chi connectivity index (χ0) is 7.40. The van der Waals surface area contributed by atoms with Crippen molar-refractivity contribution in [3.8, 4) is 0 Å². The van der Waals surface area contributed by atoms with Gasteiger partial charge in [-0.2, -0.15) is 0 Å². The number of hydrogen-bond acceptors (Lipinski definition) is 2. The van der Waals surface area contributed by atoms with Crippen molar-refractivity contribution in [2.24, 2.45) is 11.7 Å². The second kappa shape index (κ2) is 3.42. The van der Waals surface area contributed by atoms with Gasteiger partial charge in [0.1, 0.15) is 5.76 Å². The van der Waals surface area contributed by atoms with Crippen molar-refractivity contribution >= 4 is 0 Å². The van der Waals surface area contributed by atoms with Crippen LogP contribution in [0.4, 0.5) is 0 Å². The van der Waals surface area contributed by atoms with Crippen LogP contribution in [-0.2, 0) is 0 Å². The van der Waals surface area contributed by atoms with Gasteiger partial charge >= 0.3 is 0 Å². The Morgan fingerprint density at radius 3 is 3.10 bits per heavy atom. The van der Waals surface area contributed by atoms with Crippen molar-refractivity contribution < 1.29 is 5.11 Å². The average Bonchev–Trinajstić information content (AvgIpc) is 1.88. The van der Waals surface area contributed by atoms with E-state index in [0.29, 0.717) is 18.2 Å². The van der Waals surface area contributed by atoms with E-state index in [1.807, 2.05) is 12.2 Å². The Bertz CT molecular complexity index is 161. The average molecular weight is 139 g/mol. The monoisotopic (exact) mass is 139 g/mol. The molecule has 10 heavy (non-hydrogen) atoms. The van der Waals surface area contributed by atoms with Crippen LogP contribution in [0.3, 0.4) is 0 Å². The highest BCUT2D eigenvalue weighted by atomic mass is 16.3. The molecule has 0 saturated heterocycles. The van der Waals surface area contributed by atoms with E-state index >= 15 is 0 Å². The predicted octanol–water partition coefficient (Wildman–Crippen LogP) is 1.35. The fraction of sp³-hybridized carbons (Fsp3) is 0.500. The van der Waals surface area contributed by atoms with Crippen LogP contribution in [0.1, 0.15) is 12.8 Å². The molecule has 3 N–H and O–H groups in total. The maximum atomic E-state index is 9.04. The highest BCUT2D eigenvalue weighted by molar-refractivity contribution is 5.16. The number of hydrogen-bond donors (Lipinski definition) is 2. The lowest BCUT2D eigenvalue weighted by atomic mass is 9.97. The summed E-state index contributed by atoms with van der Waals surface area (Å²) in [6.07, 6.45) is 7.56. The molecule has 0 heterocycles. The second-order valence-electron chi connectivity index (χ2n) is 2.57. The minimum atomic E-state index is 0.379. The minimum Gasteiger partial charge on any atom is -0.508 e. The first-order valence-electron chi connectivity index (χ1n) is 3.60. The van der Waals surface area contributed by atoms with Gasteiger partial charge in [0.2, 0.25) is 0 Å². The summed E-state index contributed by atoms with van der Waals surface area (Å²) in [6, 6.07) is 0. The molecule has 2 heteroatoms. The quantitative estimate of drug-likeness (QED) is 0.606. The molecule has 2 nitrogen and oxygen atoms in total. The van der Waals surface area contributed by atoms with Crippen LogP contribution in [0.5, 0.6) is 0 Å². The number of aliphatic hydroxyl groups is 1. The molecule has 0 amide bonds. The molecule has 0 aliphatic heterocycles. The topological polar surface area (TPSA) is 46.2 Å². The van der Waals surface area contributed by atoms with Crippen LogP contribution in [-0.4, -0.2) is 11.7 Å². The first kappa shape index (κ1) is 7.35. The van der Waals surface area contributed by atoms with Crippen molar-refractivity contribution in [1.29, 1.82) is 0 Å². The molecule has 1 aliphatic rings. The Morgan fingerprint density at radius 2 is 2.50 bits per heavy atom. The highest BCUT2D eigenvalue weighted by Gasteiger charge is 2.06. The van der Waals surface area contributed by atoms with Gasteiger partial charge in [-0.3, -0.25) is 0 Å². The molecule has 1 aliphatic carbocycles. The van der Waals surface area contributed by atoms with Gasteiger partial charge in [0, 0.05) is 0 Å². The van der Waals surface area contributed by atoms with Crippen LogP contribution < -0.4 is 5.73 Å². The SMILES string of the molecule is NCCC1C=C(O)C=CC1. The lowest BCUT2D eigenvalue weighted by Crippen LogP contribution is -2.08. The van der Waals surface area contributed by atoms with Gasteiger partial charge in [-0.25, -0.2) is 0 Å². The summed E-state index contributed by atoms with van der Waals surface area (Å²) in [7, 11) is 0. The molecule has 0 aromatic rings. The summed E-state index contributed by atoms with van der Waals surface area (Å²) in [6.45, 7) is 0.697. The third-order valence-corrected chi connectivity index (χ3v) is 1.67. The Morgan fingerprint density at radius 1 is 1.70 bits per heavy atom. The van der Waals surface area contributed by atoms with E-state index in [1.165, 1.54) is 0 Å². The fourth-order valence-electron chi connectivity index (χ4n) is 1.14. The lowest BCUT2D eigenvalue weighted by Gasteiger charge is -2.11. The molecule has 56 valence electrons. The molecule has 0 saturated carbocycles. The number of rotatable bonds is 2. The van der Waals surface area contributed by atoms with E-state index in [1.54, 1.807) is 6.08 Å². The molecule has 0 aromatic carbocycles. The molecular formula is C8H13NO. The summed E-state index contributed by atoms with van der Waals surface area (Å²) in [5.74, 6) is 0.833. The van der Waals surface area contributed by atoms with Crippen molar-refractivity contribution in [3.63, 3.8) is 0 Å². The highest BCUT2D eigenvalue weighted by Crippen LogP contribution is 2.17. The van der Waals surface area contributed by atoms with Crippen LogP contribution >= 0.6 is 0 Å². The molecule has 0 fully saturated rings. The van der Waals surface area contributed by atoms with Gasteiger partial charge in [0.25, 0.3) is 0 Å². The molecule has 1 rings (SSSR count). The maximum absolute atomic E-state index is 9.04. The standard InChI is InChI=1S/C8H13NO/c9-5-4-7-2-1-3-8(10)6-7/h1,3,6-7,10H,2,4-5,9H2. The van der Waals surface area contributed by atoms with E-state index in [9.17, 15) is 0 Å². The predicted molar refractivity (Wildman–Crippen MR) is 41.6 cm³/mol. The fourth-order valence-corrected chi connectivity index (χ4v) is 1.14. The zero-order valence-electron chi connectivity index (χ0n) is 5.96. The summed E-state index contributed by atoms with van der Waals surface area (Å²) >= 11 is 0. The van der Waals surface area contributed by atoms with Gasteiger partial charge in [0.15, 0.2) is 0 Å². The smallest absolute Gasteiger partial charge is 0.111 e. The molecule has 0 aromatic heterocycles. The minimum absolute atomic E-state index is 0.379. The van der Waals surface area contributed by atoms with Crippen LogP contribution in [0, 0.1) is 5.92 Å². The lowest BCUT2D eigenvalue weighted by molar-refractivity contribution is 0.414. The first-order valence-corrected chi connectivity index (χ1v) is 3.60. The maximum Gasteiger partial charge on any atom is 0.111 e. The molecule has 1 atom stereocenters. The third-order valence-electron chi connectivity index (χ3n) is 1.67. The van der Waals surface area contributed by atoms with Gasteiger partial charge in [-0.1, -0.05) is 6.08 Å². The van der Waals surface area contributed by atoms with E-state index in [0.717, 1.165) is 12.8 Å². The summed E-state index contributed by atoms with van der Waals surface area (Å²) in [5, 5.41) is 9.04. The Hall–Kier alpha value is -0.760. The largest absolute Gasteiger partial charge is 0.508 e. The molecule has 0 radical (unpaired) electrons. The number of aliphatic hydroxyl groups excluding tert-OH is 1. The Kier molecular flexibility index (Phi) is 2.51. The second-order valence-corrected chi connectivity index (χ2v) is 2.57. The van der Waals surface area contributed by atoms with Gasteiger partial charge < -0.3 is 10.8 Å². The van der Waals surface area contributed by atoms with Crippen molar-refractivity contribution in [2.75, 3.05) is 6.54 Å². The third kappa shape index (κ3) is 1.88. The van der Waals surface area contributed by atoms with E-state index in [-0.39, 0.29) is 0 Å². The number of allylic oxidation sites excluding steroid dienone is 3. The van der Waals surface area contributed by atoms with Crippen molar-refractivity contribution in [2.45, 2.75) is 12.8 Å². The van der Waals surface area contributed by atoms with Crippen molar-refractivity contribution in [3.05, 3.63) is 24.0 Å². The van der Waals surface area contributed by atoms with Crippen LogP contribution in [0.2, 0.25) is 0 Å². The Labute approximate surface area is 61.0 Å². The number of nitrogens with two attached hydrogens (primary N) is 1. The molecule has 0 bridgehead atoms. The van der Waals surface area contributed by atoms with Gasteiger partial charge in [-0.05, 0) is 37.5 Å². The molecular weight excluding hydrogens is 126 g/mol.